The molecular weight excluding hydrogens is 628 g/mol. The normalized spacial score (nSPS) is 42.4. The van der Waals surface area contributed by atoms with E-state index in [1.807, 2.05) is 0 Å². The van der Waals surface area contributed by atoms with Gasteiger partial charge in [0.1, 0.15) is 17.3 Å². The molecule has 13 atom stereocenters. The molecule has 6 rings (SSSR count). The van der Waals surface area contributed by atoms with Gasteiger partial charge in [-0.15, -0.1) is 0 Å². The lowest BCUT2D eigenvalue weighted by atomic mass is 9.52. The third-order valence-electron chi connectivity index (χ3n) is 10.9. The molecule has 2 bridgehead atoms. The summed E-state index contributed by atoms with van der Waals surface area (Å²) in [7, 11) is 0. The van der Waals surface area contributed by atoms with Crippen molar-refractivity contribution in [3.05, 3.63) is 48.0 Å². The van der Waals surface area contributed by atoms with Gasteiger partial charge in [0, 0.05) is 39.5 Å². The minimum Gasteiger partial charge on any atom is -0.459 e. The summed E-state index contributed by atoms with van der Waals surface area (Å²) in [5.74, 6) is -8.32. The zero-order valence-corrected chi connectivity index (χ0v) is 28.4. The highest BCUT2D eigenvalue weighted by atomic mass is 16.7. The minimum atomic E-state index is -2.17. The minimum absolute atomic E-state index is 0.0912. The molecule has 0 aromatic heterocycles. The van der Waals surface area contributed by atoms with Crippen molar-refractivity contribution in [1.82, 2.24) is 0 Å². The maximum atomic E-state index is 13.9. The van der Waals surface area contributed by atoms with Gasteiger partial charge in [-0.2, -0.15) is 0 Å². The summed E-state index contributed by atoms with van der Waals surface area (Å²) in [4.78, 5) is 65.3. The van der Waals surface area contributed by atoms with Crippen LogP contribution in [0.4, 0.5) is 0 Å². The number of carbonyl (C=O) groups excluding carboxylic acids is 5. The Kier molecular flexibility index (Phi) is 8.84. The molecule has 3 aliphatic carbocycles. The van der Waals surface area contributed by atoms with Crippen molar-refractivity contribution in [1.29, 1.82) is 0 Å². The van der Waals surface area contributed by atoms with Gasteiger partial charge >= 0.3 is 29.8 Å². The van der Waals surface area contributed by atoms with Gasteiger partial charge in [-0.05, 0) is 43.9 Å². The third-order valence-corrected chi connectivity index (χ3v) is 10.9. The van der Waals surface area contributed by atoms with Gasteiger partial charge in [0.2, 0.25) is 5.60 Å². The van der Waals surface area contributed by atoms with Crippen LogP contribution < -0.4 is 0 Å². The quantitative estimate of drug-likeness (QED) is 0.245. The van der Waals surface area contributed by atoms with Crippen LogP contribution in [0.3, 0.4) is 0 Å². The van der Waals surface area contributed by atoms with Crippen molar-refractivity contribution in [3.8, 4) is 0 Å². The van der Waals surface area contributed by atoms with Crippen LogP contribution in [0.15, 0.2) is 42.5 Å². The van der Waals surface area contributed by atoms with Crippen molar-refractivity contribution in [3.63, 3.8) is 0 Å². The van der Waals surface area contributed by atoms with Crippen LogP contribution in [0.2, 0.25) is 0 Å². The molecule has 13 heteroatoms. The SMILES string of the molecule is C=C(C)[C@@]1(OC(=O)c2ccccc2)[C@H](OC(C)=O)[C@@H]2[C@H](OC(C)=O)[C@@]3(C)O[C@]4([C@@H]3OC(C)=O)[C@H](C[C@H](C)[C@@H]4O)[C@@]2(O)[C@H](C)[C@@H]1OC(C)=O. The second-order valence-electron chi connectivity index (χ2n) is 14.0. The smallest absolute Gasteiger partial charge is 0.339 e. The van der Waals surface area contributed by atoms with Gasteiger partial charge in [0.05, 0.1) is 23.2 Å². The topological polar surface area (TPSA) is 181 Å². The van der Waals surface area contributed by atoms with Gasteiger partial charge in [0.25, 0.3) is 0 Å². The molecule has 5 fully saturated rings. The Bertz CT molecular complexity index is 1530. The van der Waals surface area contributed by atoms with Crippen molar-refractivity contribution in [2.24, 2.45) is 23.7 Å². The fourth-order valence-electron chi connectivity index (χ4n) is 9.26. The van der Waals surface area contributed by atoms with Gasteiger partial charge in [-0.25, -0.2) is 4.79 Å². The molecule has 5 aliphatic rings. The maximum absolute atomic E-state index is 13.9. The van der Waals surface area contributed by atoms with E-state index in [1.54, 1.807) is 32.0 Å². The first-order valence-corrected chi connectivity index (χ1v) is 16.0. The second kappa shape index (κ2) is 12.0. The molecule has 0 amide bonds. The van der Waals surface area contributed by atoms with Crippen LogP contribution in [0, 0.1) is 23.7 Å². The van der Waals surface area contributed by atoms with Crippen molar-refractivity contribution in [2.75, 3.05) is 0 Å². The summed E-state index contributed by atoms with van der Waals surface area (Å²) in [5, 5.41) is 25.2. The summed E-state index contributed by atoms with van der Waals surface area (Å²) < 4.78 is 36.8. The van der Waals surface area contributed by atoms with Crippen LogP contribution in [0.25, 0.3) is 0 Å². The van der Waals surface area contributed by atoms with E-state index in [0.717, 1.165) is 20.8 Å². The molecule has 2 saturated heterocycles. The average molecular weight is 673 g/mol. The zero-order chi connectivity index (χ0) is 35.7. The number of ether oxygens (including phenoxy) is 6. The first kappa shape index (κ1) is 35.5. The molecule has 3 saturated carbocycles. The number of aliphatic hydroxyl groups excluding tert-OH is 1. The van der Waals surface area contributed by atoms with E-state index in [0.29, 0.717) is 0 Å². The van der Waals surface area contributed by atoms with E-state index in [4.69, 9.17) is 28.4 Å². The molecule has 0 unspecified atom stereocenters. The number of carbonyl (C=O) groups is 5. The van der Waals surface area contributed by atoms with Crippen LogP contribution in [0.1, 0.15) is 72.2 Å². The van der Waals surface area contributed by atoms with E-state index < -0.39 is 106 Å². The van der Waals surface area contributed by atoms with E-state index in [9.17, 15) is 34.2 Å². The van der Waals surface area contributed by atoms with Crippen LogP contribution in [0.5, 0.6) is 0 Å². The van der Waals surface area contributed by atoms with Gasteiger partial charge < -0.3 is 38.6 Å². The molecule has 2 heterocycles. The highest BCUT2D eigenvalue weighted by molar-refractivity contribution is 5.90. The number of aliphatic hydroxyl groups is 2. The van der Waals surface area contributed by atoms with Crippen molar-refractivity contribution in [2.45, 2.75) is 115 Å². The molecule has 2 N–H and O–H groups in total. The predicted molar refractivity (Wildman–Crippen MR) is 165 cm³/mol. The second-order valence-corrected chi connectivity index (χ2v) is 14.0. The van der Waals surface area contributed by atoms with E-state index in [-0.39, 0.29) is 17.6 Å². The Morgan fingerprint density at radius 1 is 0.833 bits per heavy atom. The van der Waals surface area contributed by atoms with Crippen molar-refractivity contribution < 1.29 is 62.6 Å². The fraction of sp³-hybridized carbons (Fsp3) is 0.629. The summed E-state index contributed by atoms with van der Waals surface area (Å²) >= 11 is 0. The predicted octanol–water partition coefficient (Wildman–Crippen LogP) is 2.44. The molecule has 13 nitrogen and oxygen atoms in total. The number of esters is 5. The first-order valence-electron chi connectivity index (χ1n) is 16.0. The van der Waals surface area contributed by atoms with E-state index in [1.165, 1.54) is 32.9 Å². The largest absolute Gasteiger partial charge is 0.459 e. The molecule has 1 aromatic rings. The van der Waals surface area contributed by atoms with Crippen molar-refractivity contribution >= 4 is 29.8 Å². The highest BCUT2D eigenvalue weighted by Gasteiger charge is 2.88. The van der Waals surface area contributed by atoms with Crippen LogP contribution >= 0.6 is 0 Å². The fourth-order valence-corrected chi connectivity index (χ4v) is 9.26. The molecule has 1 aromatic carbocycles. The maximum Gasteiger partial charge on any atom is 0.339 e. The molecule has 2 aliphatic heterocycles. The zero-order valence-electron chi connectivity index (χ0n) is 28.4. The average Bonchev–Trinajstić information content (AvgIpc) is 3.20. The molecule has 262 valence electrons. The number of hydrogen-bond donors (Lipinski definition) is 2. The van der Waals surface area contributed by atoms with Gasteiger partial charge in [0.15, 0.2) is 18.3 Å². The summed E-state index contributed by atoms with van der Waals surface area (Å²) in [6.07, 6.45) is -7.21. The van der Waals surface area contributed by atoms with E-state index in [2.05, 4.69) is 6.58 Å². The molecule has 1 spiro atoms. The molecule has 48 heavy (non-hydrogen) atoms. The summed E-state index contributed by atoms with van der Waals surface area (Å²) in [6, 6.07) is 7.95. The van der Waals surface area contributed by atoms with Gasteiger partial charge in [-0.1, -0.05) is 38.6 Å². The standard InChI is InChI=1S/C35H44O13/c1-16(2)34(47-30(41)23-13-11-10-12-14-23)27(43-19(5)36)18(4)33(42)24-15-17(3)26(40)35(24)31(46-22(8)39)32(9,48-35)28(44-20(6)37)25(33)29(34)45-21(7)38/h10-14,17-18,24-29,31,40,42H,1,15H2,2-9H3/t17-,18+,24+,25-,26-,27-,28-,29+,31+,32+,33-,34-,35+/m0/s1. The lowest BCUT2D eigenvalue weighted by Crippen LogP contribution is -2.80. The van der Waals surface area contributed by atoms with E-state index >= 15 is 0 Å². The number of benzene rings is 1. The third kappa shape index (κ3) is 4.87. The monoisotopic (exact) mass is 672 g/mol. The van der Waals surface area contributed by atoms with Crippen LogP contribution in [-0.2, 0) is 47.6 Å². The number of hydrogen-bond acceptors (Lipinski definition) is 13. The highest BCUT2D eigenvalue weighted by Crippen LogP contribution is 2.70. The summed E-state index contributed by atoms with van der Waals surface area (Å²) in [6.45, 7) is 15.0. The Morgan fingerprint density at radius 2 is 1.35 bits per heavy atom. The number of rotatable bonds is 7. The Labute approximate surface area is 278 Å². The Morgan fingerprint density at radius 3 is 1.88 bits per heavy atom. The lowest BCUT2D eigenvalue weighted by Gasteiger charge is -2.62. The van der Waals surface area contributed by atoms with Gasteiger partial charge in [-0.3, -0.25) is 19.2 Å². The Balaban J connectivity index is 1.87. The Hall–Kier alpha value is -3.81. The summed E-state index contributed by atoms with van der Waals surface area (Å²) in [5.41, 5.74) is -7.54. The molecule has 0 radical (unpaired) electrons. The lowest BCUT2D eigenvalue weighted by molar-refractivity contribution is -0.391. The molecular formula is C35H44O13. The first-order chi connectivity index (χ1) is 22.3. The van der Waals surface area contributed by atoms with Crippen LogP contribution in [-0.4, -0.2) is 93.0 Å².